The van der Waals surface area contributed by atoms with Crippen molar-refractivity contribution in [1.82, 2.24) is 5.32 Å². The zero-order valence-electron chi connectivity index (χ0n) is 49.8. The molecular formula is C68H115N2O6P. The number of quaternary nitrogens is 1. The molecule has 1 amide bonds. The lowest BCUT2D eigenvalue weighted by atomic mass is 10.0. The standard InChI is InChI=1S/C68H115N2O6P/c1-6-8-10-12-14-16-18-20-22-23-24-25-26-27-28-29-30-31-32-33-34-35-36-37-38-39-40-41-42-43-44-45-46-47-48-50-52-54-56-58-60-62-68(72)69-66(65-76-77(73,74)75-64-63-70(3,4)5)67(71)61-59-57-55-53-51-49-21-19-17-15-13-11-9-7-2/h8,10,14,16,20,22,24-25,27-28,30-31,33-34,36-37,39-40,42-43,45-46,48,50,66-67,71H,6-7,9,11-13,15,17-19,21,23,26,29,32,35,38,41,44,47,49,51-65H2,1-5H3,(H-,69,72,73,74)/b10-8-,16-14-,22-20-,25-24-,28-27-,31-30-,34-33-,37-36-,40-39-,43-42-,46-45-,50-48-. The summed E-state index contributed by atoms with van der Waals surface area (Å²) in [6, 6.07) is -0.825. The summed E-state index contributed by atoms with van der Waals surface area (Å²) in [5, 5.41) is 14.0. The van der Waals surface area contributed by atoms with E-state index in [1.165, 1.54) is 70.6 Å². The second kappa shape index (κ2) is 57.1. The Hall–Kier alpha value is -3.62. The molecule has 0 heterocycles. The molecule has 8 nitrogen and oxygen atoms in total. The van der Waals surface area contributed by atoms with Gasteiger partial charge in [0.1, 0.15) is 13.2 Å². The lowest BCUT2D eigenvalue weighted by Crippen LogP contribution is -2.46. The Morgan fingerprint density at radius 3 is 1.16 bits per heavy atom. The highest BCUT2D eigenvalue weighted by molar-refractivity contribution is 7.45. The van der Waals surface area contributed by atoms with Crippen LogP contribution in [0.3, 0.4) is 0 Å². The highest BCUT2D eigenvalue weighted by atomic mass is 31.2. The van der Waals surface area contributed by atoms with Gasteiger partial charge >= 0.3 is 0 Å². The molecular weight excluding hydrogens is 972 g/mol. The Labute approximate surface area is 474 Å². The van der Waals surface area contributed by atoms with Crippen LogP contribution in [0.15, 0.2) is 146 Å². The lowest BCUT2D eigenvalue weighted by Gasteiger charge is -2.30. The molecule has 0 aliphatic carbocycles. The van der Waals surface area contributed by atoms with Crippen LogP contribution in [0.4, 0.5) is 0 Å². The topological polar surface area (TPSA) is 108 Å². The molecule has 0 radical (unpaired) electrons. The number of hydrogen-bond acceptors (Lipinski definition) is 6. The van der Waals surface area contributed by atoms with E-state index in [0.717, 1.165) is 128 Å². The molecule has 0 aliphatic heterocycles. The maximum absolute atomic E-state index is 13.0. The Morgan fingerprint density at radius 1 is 0.468 bits per heavy atom. The van der Waals surface area contributed by atoms with E-state index < -0.39 is 20.0 Å². The van der Waals surface area contributed by atoms with Gasteiger partial charge in [0.25, 0.3) is 7.82 Å². The van der Waals surface area contributed by atoms with E-state index >= 15 is 0 Å². The van der Waals surface area contributed by atoms with Crippen molar-refractivity contribution < 1.29 is 32.9 Å². The molecule has 77 heavy (non-hydrogen) atoms. The first kappa shape index (κ1) is 73.4. The van der Waals surface area contributed by atoms with Crippen molar-refractivity contribution in [3.63, 3.8) is 0 Å². The molecule has 438 valence electrons. The van der Waals surface area contributed by atoms with Crippen LogP contribution in [0.1, 0.15) is 226 Å². The van der Waals surface area contributed by atoms with Crippen LogP contribution in [-0.2, 0) is 18.4 Å². The number of amides is 1. The highest BCUT2D eigenvalue weighted by Crippen LogP contribution is 2.38. The Bertz CT molecular complexity index is 1760. The molecule has 3 atom stereocenters. The summed E-state index contributed by atoms with van der Waals surface area (Å²) in [4.78, 5) is 25.5. The quantitative estimate of drug-likeness (QED) is 0.0272. The summed E-state index contributed by atoms with van der Waals surface area (Å²) >= 11 is 0. The molecule has 0 aliphatic rings. The number of phosphoric ester groups is 1. The Morgan fingerprint density at radius 2 is 0.792 bits per heavy atom. The highest BCUT2D eigenvalue weighted by Gasteiger charge is 2.24. The zero-order valence-corrected chi connectivity index (χ0v) is 50.7. The van der Waals surface area contributed by atoms with Gasteiger partial charge in [0.2, 0.25) is 5.91 Å². The molecule has 0 saturated heterocycles. The number of hydrogen-bond donors (Lipinski definition) is 2. The average molecular weight is 1090 g/mol. The monoisotopic (exact) mass is 1090 g/mol. The second-order valence-electron chi connectivity index (χ2n) is 21.3. The fraction of sp³-hybridized carbons (Fsp3) is 0.632. The van der Waals surface area contributed by atoms with Gasteiger partial charge in [0, 0.05) is 6.42 Å². The van der Waals surface area contributed by atoms with Crippen LogP contribution in [0, 0.1) is 0 Å². The molecule has 0 aromatic heterocycles. The van der Waals surface area contributed by atoms with Gasteiger partial charge in [-0.15, -0.1) is 0 Å². The molecule has 3 unspecified atom stereocenters. The summed E-state index contributed by atoms with van der Waals surface area (Å²) < 4.78 is 23.4. The normalized spacial score (nSPS) is 14.8. The first-order valence-electron chi connectivity index (χ1n) is 30.7. The molecule has 0 rings (SSSR count). The predicted octanol–water partition coefficient (Wildman–Crippen LogP) is 18.6. The van der Waals surface area contributed by atoms with Gasteiger partial charge in [0.05, 0.1) is 39.9 Å². The van der Waals surface area contributed by atoms with Crippen molar-refractivity contribution in [1.29, 1.82) is 0 Å². The second-order valence-corrected chi connectivity index (χ2v) is 22.7. The number of carbonyl (C=O) groups is 1. The minimum atomic E-state index is -4.59. The molecule has 0 bridgehead atoms. The van der Waals surface area contributed by atoms with E-state index in [2.05, 4.69) is 165 Å². The van der Waals surface area contributed by atoms with E-state index in [9.17, 15) is 19.4 Å². The van der Waals surface area contributed by atoms with Crippen molar-refractivity contribution in [3.05, 3.63) is 146 Å². The van der Waals surface area contributed by atoms with Crippen LogP contribution >= 0.6 is 7.82 Å². The van der Waals surface area contributed by atoms with E-state index in [1.807, 2.05) is 21.1 Å². The number of allylic oxidation sites excluding steroid dienone is 24. The fourth-order valence-corrected chi connectivity index (χ4v) is 8.80. The number of rotatable bonds is 54. The number of unbranched alkanes of at least 4 members (excludes halogenated alkanes) is 17. The van der Waals surface area contributed by atoms with Gasteiger partial charge in [-0.3, -0.25) is 9.36 Å². The first-order valence-corrected chi connectivity index (χ1v) is 32.1. The molecule has 0 aromatic carbocycles. The van der Waals surface area contributed by atoms with Crippen LogP contribution in [-0.4, -0.2) is 68.5 Å². The van der Waals surface area contributed by atoms with E-state index in [-0.39, 0.29) is 19.1 Å². The van der Waals surface area contributed by atoms with Crippen molar-refractivity contribution in [2.24, 2.45) is 0 Å². The van der Waals surface area contributed by atoms with Gasteiger partial charge in [-0.2, -0.15) is 0 Å². The van der Waals surface area contributed by atoms with E-state index in [1.54, 1.807) is 0 Å². The van der Waals surface area contributed by atoms with Crippen molar-refractivity contribution in [3.8, 4) is 0 Å². The number of likely N-dealkylation sites (N-methyl/N-ethyl adjacent to an activating group) is 1. The van der Waals surface area contributed by atoms with Gasteiger partial charge < -0.3 is 28.8 Å². The lowest BCUT2D eigenvalue weighted by molar-refractivity contribution is -0.870. The summed E-state index contributed by atoms with van der Waals surface area (Å²) in [7, 11) is 1.27. The Kier molecular flexibility index (Phi) is 54.4. The molecule has 9 heteroatoms. The molecule has 0 saturated carbocycles. The first-order chi connectivity index (χ1) is 37.5. The fourth-order valence-electron chi connectivity index (χ4n) is 8.08. The van der Waals surface area contributed by atoms with E-state index in [4.69, 9.17) is 9.05 Å². The van der Waals surface area contributed by atoms with E-state index in [0.29, 0.717) is 23.9 Å². The summed E-state index contributed by atoms with van der Waals surface area (Å²) in [5.41, 5.74) is 0. The van der Waals surface area contributed by atoms with Crippen LogP contribution in [0.5, 0.6) is 0 Å². The van der Waals surface area contributed by atoms with Gasteiger partial charge in [0.15, 0.2) is 0 Å². The largest absolute Gasteiger partial charge is 0.756 e. The summed E-state index contributed by atoms with van der Waals surface area (Å²) in [6.45, 7) is 4.57. The van der Waals surface area contributed by atoms with Crippen LogP contribution < -0.4 is 10.2 Å². The third-order valence-corrected chi connectivity index (χ3v) is 13.8. The number of nitrogens with zero attached hydrogens (tertiary/aromatic N) is 1. The van der Waals surface area contributed by atoms with Gasteiger partial charge in [-0.1, -0.05) is 262 Å². The minimum Gasteiger partial charge on any atom is -0.756 e. The van der Waals surface area contributed by atoms with Crippen LogP contribution in [0.2, 0.25) is 0 Å². The molecule has 0 fully saturated rings. The number of nitrogens with one attached hydrogen (secondary N) is 1. The average Bonchev–Trinajstić information content (AvgIpc) is 3.39. The number of aliphatic hydroxyl groups excluding tert-OH is 1. The number of aliphatic hydroxyl groups is 1. The summed E-state index contributed by atoms with van der Waals surface area (Å²) in [5.74, 6) is -0.195. The maximum Gasteiger partial charge on any atom is 0.268 e. The zero-order chi connectivity index (χ0) is 56.3. The third-order valence-electron chi connectivity index (χ3n) is 12.8. The van der Waals surface area contributed by atoms with Crippen molar-refractivity contribution >= 4 is 13.7 Å². The summed E-state index contributed by atoms with van der Waals surface area (Å²) in [6.07, 6.45) is 87.5. The van der Waals surface area contributed by atoms with Gasteiger partial charge in [-0.05, 0) is 103 Å². The maximum atomic E-state index is 13.0. The predicted molar refractivity (Wildman–Crippen MR) is 334 cm³/mol. The Balaban J connectivity index is 4.17. The third kappa shape index (κ3) is 59.9. The number of phosphoric acid groups is 1. The smallest absolute Gasteiger partial charge is 0.268 e. The molecule has 0 aromatic rings. The molecule has 0 spiro atoms. The number of carbonyl (C=O) groups excluding carboxylic acids is 1. The minimum absolute atomic E-state index is 0.000506. The SMILES string of the molecule is CC/C=C\C/C=C\C/C=C\C/C=C\C/C=C\C/C=C\C/C=C\C/C=C\C/C=C\C/C=C\C/C=C\C/C=C\CCCCCCC(=O)NC(COP(=O)([O-])OCC[N+](C)(C)C)C(O)CCCCCCCCCCCCCCCC. The van der Waals surface area contributed by atoms with Crippen LogP contribution in [0.25, 0.3) is 0 Å². The van der Waals surface area contributed by atoms with Crippen molar-refractivity contribution in [2.45, 2.75) is 238 Å². The molecule has 2 N–H and O–H groups in total. The van der Waals surface area contributed by atoms with Crippen molar-refractivity contribution in [2.75, 3.05) is 40.9 Å². The van der Waals surface area contributed by atoms with Gasteiger partial charge in [-0.25, -0.2) is 0 Å².